The molecule has 0 radical (unpaired) electrons. The van der Waals surface area contributed by atoms with E-state index in [0.29, 0.717) is 5.56 Å². The Labute approximate surface area is 151 Å². The van der Waals surface area contributed by atoms with Gasteiger partial charge in [0.1, 0.15) is 17.8 Å². The fraction of sp³-hybridized carbons (Fsp3) is 0.0455. The average Bonchev–Trinajstić information content (AvgIpc) is 3.20. The molecular weight excluding hydrogens is 322 g/mol. The fourth-order valence-electron chi connectivity index (χ4n) is 3.00. The van der Waals surface area contributed by atoms with Crippen molar-refractivity contribution in [1.29, 1.82) is 5.26 Å². The standard InChI is InChI=1S/C22H15N3O/c23-12-16-6-8-18(9-7-16)22(19-13-24-15-25-14-19)21-11-10-20(26-21)17-4-2-1-3-5-17/h1-11,13-15,22H. The smallest absolute Gasteiger partial charge is 0.134 e. The molecule has 2 heterocycles. The molecule has 26 heavy (non-hydrogen) atoms. The minimum Gasteiger partial charge on any atom is -0.460 e. The van der Waals surface area contributed by atoms with Crippen molar-refractivity contribution in [3.05, 3.63) is 108 Å². The second-order valence-electron chi connectivity index (χ2n) is 5.91. The zero-order valence-electron chi connectivity index (χ0n) is 13.9. The molecule has 4 nitrogen and oxygen atoms in total. The van der Waals surface area contributed by atoms with Gasteiger partial charge in [0.2, 0.25) is 0 Å². The summed E-state index contributed by atoms with van der Waals surface area (Å²) in [6.07, 6.45) is 5.10. The number of hydrogen-bond donors (Lipinski definition) is 0. The molecule has 0 fully saturated rings. The maximum atomic E-state index is 9.04. The van der Waals surface area contributed by atoms with Crippen molar-refractivity contribution in [2.24, 2.45) is 0 Å². The fourth-order valence-corrected chi connectivity index (χ4v) is 3.00. The minimum atomic E-state index is -0.138. The van der Waals surface area contributed by atoms with Crippen LogP contribution in [0.5, 0.6) is 0 Å². The van der Waals surface area contributed by atoms with Crippen molar-refractivity contribution in [1.82, 2.24) is 9.97 Å². The molecule has 4 aromatic rings. The molecule has 0 saturated heterocycles. The number of nitriles is 1. The summed E-state index contributed by atoms with van der Waals surface area (Å²) < 4.78 is 6.18. The molecule has 4 rings (SSSR count). The molecular formula is C22H15N3O. The van der Waals surface area contributed by atoms with Gasteiger partial charge in [-0.25, -0.2) is 9.97 Å². The van der Waals surface area contributed by atoms with Crippen LogP contribution in [0.3, 0.4) is 0 Å². The van der Waals surface area contributed by atoms with Crippen LogP contribution in [-0.4, -0.2) is 9.97 Å². The van der Waals surface area contributed by atoms with Crippen LogP contribution in [0.4, 0.5) is 0 Å². The first-order valence-corrected chi connectivity index (χ1v) is 8.25. The van der Waals surface area contributed by atoms with E-state index in [-0.39, 0.29) is 5.92 Å². The summed E-state index contributed by atoms with van der Waals surface area (Å²) in [5.41, 5.74) is 3.61. The van der Waals surface area contributed by atoms with Gasteiger partial charge in [0, 0.05) is 23.5 Å². The second kappa shape index (κ2) is 7.04. The van der Waals surface area contributed by atoms with E-state index in [1.165, 1.54) is 6.33 Å². The van der Waals surface area contributed by atoms with Gasteiger partial charge in [0.05, 0.1) is 17.6 Å². The molecule has 1 atom stereocenters. The highest BCUT2D eigenvalue weighted by Gasteiger charge is 2.21. The maximum absolute atomic E-state index is 9.04. The number of nitrogens with zero attached hydrogens (tertiary/aromatic N) is 3. The molecule has 4 heteroatoms. The summed E-state index contributed by atoms with van der Waals surface area (Å²) in [6.45, 7) is 0. The Hall–Kier alpha value is -3.71. The van der Waals surface area contributed by atoms with Gasteiger partial charge in [-0.05, 0) is 29.8 Å². The summed E-state index contributed by atoms with van der Waals surface area (Å²) >= 11 is 0. The van der Waals surface area contributed by atoms with Crippen molar-refractivity contribution >= 4 is 0 Å². The Balaban J connectivity index is 1.79. The largest absolute Gasteiger partial charge is 0.460 e. The predicted molar refractivity (Wildman–Crippen MR) is 98.3 cm³/mol. The second-order valence-corrected chi connectivity index (χ2v) is 5.91. The van der Waals surface area contributed by atoms with Crippen molar-refractivity contribution < 1.29 is 4.42 Å². The van der Waals surface area contributed by atoms with E-state index in [1.807, 2.05) is 66.7 Å². The van der Waals surface area contributed by atoms with Crippen molar-refractivity contribution in [3.63, 3.8) is 0 Å². The molecule has 0 N–H and O–H groups in total. The number of hydrogen-bond acceptors (Lipinski definition) is 4. The SMILES string of the molecule is N#Cc1ccc(C(c2cncnc2)c2ccc(-c3ccccc3)o2)cc1. The van der Waals surface area contributed by atoms with Gasteiger partial charge in [0.15, 0.2) is 0 Å². The van der Waals surface area contributed by atoms with E-state index in [9.17, 15) is 0 Å². The van der Waals surface area contributed by atoms with E-state index < -0.39 is 0 Å². The topological polar surface area (TPSA) is 62.7 Å². The van der Waals surface area contributed by atoms with Crippen LogP contribution in [0.1, 0.15) is 28.4 Å². The van der Waals surface area contributed by atoms with Crippen molar-refractivity contribution in [3.8, 4) is 17.4 Å². The van der Waals surface area contributed by atoms with Crippen LogP contribution in [0.2, 0.25) is 0 Å². The third kappa shape index (κ3) is 3.11. The maximum Gasteiger partial charge on any atom is 0.134 e. The van der Waals surface area contributed by atoms with E-state index in [0.717, 1.165) is 28.2 Å². The van der Waals surface area contributed by atoms with Gasteiger partial charge >= 0.3 is 0 Å². The Kier molecular flexibility index (Phi) is 4.28. The summed E-state index contributed by atoms with van der Waals surface area (Å²) in [6, 6.07) is 23.6. The zero-order valence-corrected chi connectivity index (χ0v) is 13.9. The zero-order chi connectivity index (χ0) is 17.8. The lowest BCUT2D eigenvalue weighted by atomic mass is 9.90. The summed E-state index contributed by atoms with van der Waals surface area (Å²) in [4.78, 5) is 8.30. The molecule has 0 aliphatic heterocycles. The summed E-state index contributed by atoms with van der Waals surface area (Å²) in [7, 11) is 0. The lowest BCUT2D eigenvalue weighted by Crippen LogP contribution is -2.03. The van der Waals surface area contributed by atoms with Gasteiger partial charge in [0.25, 0.3) is 0 Å². The number of aromatic nitrogens is 2. The predicted octanol–water partition coefficient (Wildman–Crippen LogP) is 4.79. The highest BCUT2D eigenvalue weighted by atomic mass is 16.3. The van der Waals surface area contributed by atoms with Gasteiger partial charge in [-0.3, -0.25) is 0 Å². The Morgan fingerprint density at radius 1 is 0.808 bits per heavy atom. The lowest BCUT2D eigenvalue weighted by Gasteiger charge is -2.15. The quantitative estimate of drug-likeness (QED) is 0.537. The first-order valence-electron chi connectivity index (χ1n) is 8.25. The molecule has 0 amide bonds. The van der Waals surface area contributed by atoms with Crippen LogP contribution in [0, 0.1) is 11.3 Å². The molecule has 1 unspecified atom stereocenters. The molecule has 0 saturated carbocycles. The van der Waals surface area contributed by atoms with Crippen LogP contribution < -0.4 is 0 Å². The van der Waals surface area contributed by atoms with Gasteiger partial charge in [-0.1, -0.05) is 42.5 Å². The highest BCUT2D eigenvalue weighted by molar-refractivity contribution is 5.58. The molecule has 0 aliphatic carbocycles. The first kappa shape index (κ1) is 15.8. The molecule has 2 aromatic carbocycles. The monoisotopic (exact) mass is 337 g/mol. The number of furan rings is 1. The first-order chi connectivity index (χ1) is 12.8. The number of benzene rings is 2. The Morgan fingerprint density at radius 2 is 1.54 bits per heavy atom. The summed E-state index contributed by atoms with van der Waals surface area (Å²) in [5.74, 6) is 1.49. The highest BCUT2D eigenvalue weighted by Crippen LogP contribution is 2.34. The molecule has 0 spiro atoms. The normalized spacial score (nSPS) is 11.7. The van der Waals surface area contributed by atoms with Gasteiger partial charge in [-0.15, -0.1) is 0 Å². The molecule has 0 bridgehead atoms. The molecule has 0 aliphatic rings. The Morgan fingerprint density at radius 3 is 2.23 bits per heavy atom. The van der Waals surface area contributed by atoms with E-state index in [4.69, 9.17) is 9.68 Å². The third-order valence-corrected chi connectivity index (χ3v) is 4.26. The van der Waals surface area contributed by atoms with E-state index in [2.05, 4.69) is 16.0 Å². The van der Waals surface area contributed by atoms with E-state index in [1.54, 1.807) is 12.4 Å². The van der Waals surface area contributed by atoms with Gasteiger partial charge in [-0.2, -0.15) is 5.26 Å². The average molecular weight is 337 g/mol. The van der Waals surface area contributed by atoms with Crippen molar-refractivity contribution in [2.45, 2.75) is 5.92 Å². The van der Waals surface area contributed by atoms with Gasteiger partial charge < -0.3 is 4.42 Å². The Bertz CT molecular complexity index is 1030. The van der Waals surface area contributed by atoms with E-state index >= 15 is 0 Å². The molecule has 2 aromatic heterocycles. The number of rotatable bonds is 4. The third-order valence-electron chi connectivity index (χ3n) is 4.26. The minimum absolute atomic E-state index is 0.138. The van der Waals surface area contributed by atoms with Crippen LogP contribution >= 0.6 is 0 Å². The van der Waals surface area contributed by atoms with Crippen LogP contribution in [0.15, 0.2) is 89.9 Å². The van der Waals surface area contributed by atoms with Crippen LogP contribution in [0.25, 0.3) is 11.3 Å². The summed E-state index contributed by atoms with van der Waals surface area (Å²) in [5, 5.41) is 9.04. The lowest BCUT2D eigenvalue weighted by molar-refractivity contribution is 0.515. The van der Waals surface area contributed by atoms with Crippen LogP contribution in [-0.2, 0) is 0 Å². The van der Waals surface area contributed by atoms with Crippen molar-refractivity contribution in [2.75, 3.05) is 0 Å². The molecule has 124 valence electrons.